The van der Waals surface area contributed by atoms with Gasteiger partial charge in [-0.1, -0.05) is 30.3 Å². The number of aromatic nitrogens is 2. The molecule has 0 aliphatic heterocycles. The zero-order chi connectivity index (χ0) is 13.5. The quantitative estimate of drug-likeness (QED) is 0.796. The van der Waals surface area contributed by atoms with E-state index in [1.165, 1.54) is 5.56 Å². The van der Waals surface area contributed by atoms with Gasteiger partial charge in [0.15, 0.2) is 0 Å². The third-order valence-electron chi connectivity index (χ3n) is 2.89. The van der Waals surface area contributed by atoms with E-state index in [-0.39, 0.29) is 0 Å². The normalized spacial score (nSPS) is 10.4. The van der Waals surface area contributed by atoms with Crippen LogP contribution in [0.15, 0.2) is 42.7 Å². The van der Waals surface area contributed by atoms with Crippen molar-refractivity contribution >= 4 is 5.82 Å². The highest BCUT2D eigenvalue weighted by molar-refractivity contribution is 5.39. The van der Waals surface area contributed by atoms with Crippen LogP contribution < -0.4 is 4.90 Å². The van der Waals surface area contributed by atoms with Crippen LogP contribution in [0.2, 0.25) is 0 Å². The Balaban J connectivity index is 2.16. The first-order chi connectivity index (χ1) is 9.29. The molecule has 0 bridgehead atoms. The minimum Gasteiger partial charge on any atom is -0.383 e. The second kappa shape index (κ2) is 6.85. The van der Waals surface area contributed by atoms with E-state index in [4.69, 9.17) is 4.74 Å². The predicted molar refractivity (Wildman–Crippen MR) is 76.1 cm³/mol. The predicted octanol–water partition coefficient (Wildman–Crippen LogP) is 2.44. The van der Waals surface area contributed by atoms with Crippen molar-refractivity contribution in [3.8, 4) is 0 Å². The summed E-state index contributed by atoms with van der Waals surface area (Å²) in [5, 5.41) is 0. The molecule has 0 radical (unpaired) electrons. The van der Waals surface area contributed by atoms with Crippen LogP contribution in [-0.4, -0.2) is 30.2 Å². The minimum atomic E-state index is 0.676. The molecule has 0 amide bonds. The second-order valence-corrected chi connectivity index (χ2v) is 4.42. The third kappa shape index (κ3) is 4.03. The highest BCUT2D eigenvalue weighted by Crippen LogP contribution is 2.14. The van der Waals surface area contributed by atoms with Gasteiger partial charge in [0, 0.05) is 32.0 Å². The molecule has 1 aromatic heterocycles. The van der Waals surface area contributed by atoms with Gasteiger partial charge in [0.1, 0.15) is 12.1 Å². The highest BCUT2D eigenvalue weighted by Gasteiger charge is 2.09. The minimum absolute atomic E-state index is 0.676. The fourth-order valence-electron chi connectivity index (χ4n) is 1.89. The highest BCUT2D eigenvalue weighted by atomic mass is 16.5. The van der Waals surface area contributed by atoms with Gasteiger partial charge < -0.3 is 9.64 Å². The molecule has 2 aromatic rings. The van der Waals surface area contributed by atoms with E-state index in [1.807, 2.05) is 19.1 Å². The summed E-state index contributed by atoms with van der Waals surface area (Å²) in [5.41, 5.74) is 2.23. The third-order valence-corrected chi connectivity index (χ3v) is 2.89. The number of nitrogens with zero attached hydrogens (tertiary/aromatic N) is 3. The molecule has 1 aromatic carbocycles. The van der Waals surface area contributed by atoms with E-state index in [1.54, 1.807) is 13.4 Å². The lowest BCUT2D eigenvalue weighted by Gasteiger charge is -2.23. The Bertz CT molecular complexity index is 502. The summed E-state index contributed by atoms with van der Waals surface area (Å²) >= 11 is 0. The maximum atomic E-state index is 5.18. The van der Waals surface area contributed by atoms with Gasteiger partial charge in [-0.15, -0.1) is 0 Å². The topological polar surface area (TPSA) is 38.2 Å². The Hall–Kier alpha value is -1.94. The molecule has 0 saturated heterocycles. The first kappa shape index (κ1) is 13.5. The smallest absolute Gasteiger partial charge is 0.132 e. The first-order valence-electron chi connectivity index (χ1n) is 6.36. The summed E-state index contributed by atoms with van der Waals surface area (Å²) in [5.74, 6) is 0.938. The fraction of sp³-hybridized carbons (Fsp3) is 0.333. The Morgan fingerprint density at radius 3 is 2.63 bits per heavy atom. The Labute approximate surface area is 114 Å². The van der Waals surface area contributed by atoms with Gasteiger partial charge in [-0.3, -0.25) is 0 Å². The van der Waals surface area contributed by atoms with Crippen LogP contribution in [0.3, 0.4) is 0 Å². The zero-order valence-corrected chi connectivity index (χ0v) is 11.4. The Morgan fingerprint density at radius 2 is 1.95 bits per heavy atom. The molecular weight excluding hydrogens is 238 g/mol. The van der Waals surface area contributed by atoms with Crippen LogP contribution in [0.5, 0.6) is 0 Å². The number of rotatable bonds is 6. The van der Waals surface area contributed by atoms with Gasteiger partial charge in [-0.2, -0.15) is 0 Å². The van der Waals surface area contributed by atoms with Crippen LogP contribution in [0.1, 0.15) is 11.3 Å². The van der Waals surface area contributed by atoms with E-state index in [0.29, 0.717) is 6.61 Å². The van der Waals surface area contributed by atoms with Crippen molar-refractivity contribution in [3.63, 3.8) is 0 Å². The number of ether oxygens (including phenoxy) is 1. The van der Waals surface area contributed by atoms with E-state index in [9.17, 15) is 0 Å². The van der Waals surface area contributed by atoms with Crippen molar-refractivity contribution in [2.24, 2.45) is 0 Å². The molecule has 0 spiro atoms. The Kier molecular flexibility index (Phi) is 4.86. The van der Waals surface area contributed by atoms with Crippen LogP contribution in [0.25, 0.3) is 0 Å². The van der Waals surface area contributed by atoms with E-state index < -0.39 is 0 Å². The van der Waals surface area contributed by atoms with Crippen molar-refractivity contribution < 1.29 is 4.74 Å². The molecular formula is C15H19N3O. The molecule has 0 aliphatic rings. The van der Waals surface area contributed by atoms with Crippen LogP contribution in [0.4, 0.5) is 5.82 Å². The zero-order valence-electron chi connectivity index (χ0n) is 11.4. The lowest BCUT2D eigenvalue weighted by Crippen LogP contribution is -2.27. The van der Waals surface area contributed by atoms with Gasteiger partial charge >= 0.3 is 0 Å². The molecule has 100 valence electrons. The summed E-state index contributed by atoms with van der Waals surface area (Å²) in [6.45, 7) is 4.28. The average Bonchev–Trinajstić information content (AvgIpc) is 2.44. The van der Waals surface area contributed by atoms with Crippen molar-refractivity contribution in [1.82, 2.24) is 9.97 Å². The molecule has 19 heavy (non-hydrogen) atoms. The molecule has 0 saturated carbocycles. The monoisotopic (exact) mass is 257 g/mol. The summed E-state index contributed by atoms with van der Waals surface area (Å²) in [4.78, 5) is 10.7. The standard InChI is InChI=1S/C15H19N3O/c1-13-10-15(17-12-16-13)18(8-9-19-2)11-14-6-4-3-5-7-14/h3-7,10,12H,8-9,11H2,1-2H3. The summed E-state index contributed by atoms with van der Waals surface area (Å²) in [7, 11) is 1.71. The molecule has 1 heterocycles. The lowest BCUT2D eigenvalue weighted by molar-refractivity contribution is 0.205. The van der Waals surface area contributed by atoms with Crippen molar-refractivity contribution in [2.75, 3.05) is 25.2 Å². The number of anilines is 1. The molecule has 0 fully saturated rings. The number of methoxy groups -OCH3 is 1. The molecule has 2 rings (SSSR count). The maximum Gasteiger partial charge on any atom is 0.132 e. The van der Waals surface area contributed by atoms with Crippen LogP contribution in [-0.2, 0) is 11.3 Å². The van der Waals surface area contributed by atoms with E-state index >= 15 is 0 Å². The Morgan fingerprint density at radius 1 is 1.16 bits per heavy atom. The summed E-state index contributed by atoms with van der Waals surface area (Å²) < 4.78 is 5.18. The van der Waals surface area contributed by atoms with Gasteiger partial charge in [0.25, 0.3) is 0 Å². The largest absolute Gasteiger partial charge is 0.383 e. The number of aryl methyl sites for hydroxylation is 1. The molecule has 0 aliphatic carbocycles. The molecule has 0 atom stereocenters. The van der Waals surface area contributed by atoms with Gasteiger partial charge in [0.05, 0.1) is 6.61 Å². The number of hydrogen-bond donors (Lipinski definition) is 0. The number of benzene rings is 1. The average molecular weight is 257 g/mol. The van der Waals surface area contributed by atoms with Gasteiger partial charge in [-0.25, -0.2) is 9.97 Å². The maximum absolute atomic E-state index is 5.18. The second-order valence-electron chi connectivity index (χ2n) is 4.42. The van der Waals surface area contributed by atoms with Gasteiger partial charge in [0.2, 0.25) is 0 Å². The first-order valence-corrected chi connectivity index (χ1v) is 6.36. The van der Waals surface area contributed by atoms with Gasteiger partial charge in [-0.05, 0) is 12.5 Å². The summed E-state index contributed by atoms with van der Waals surface area (Å²) in [6, 6.07) is 12.4. The summed E-state index contributed by atoms with van der Waals surface area (Å²) in [6.07, 6.45) is 1.61. The molecule has 0 unspecified atom stereocenters. The molecule has 4 nitrogen and oxygen atoms in total. The van der Waals surface area contributed by atoms with E-state index in [2.05, 4.69) is 39.1 Å². The van der Waals surface area contributed by atoms with Crippen molar-refractivity contribution in [3.05, 3.63) is 54.0 Å². The lowest BCUT2D eigenvalue weighted by atomic mass is 10.2. The van der Waals surface area contributed by atoms with Crippen molar-refractivity contribution in [2.45, 2.75) is 13.5 Å². The van der Waals surface area contributed by atoms with E-state index in [0.717, 1.165) is 24.6 Å². The SMILES string of the molecule is COCCN(Cc1ccccc1)c1cc(C)ncn1. The fourth-order valence-corrected chi connectivity index (χ4v) is 1.89. The van der Waals surface area contributed by atoms with Crippen LogP contribution in [0, 0.1) is 6.92 Å². The molecule has 0 N–H and O–H groups in total. The number of hydrogen-bond acceptors (Lipinski definition) is 4. The van der Waals surface area contributed by atoms with Crippen LogP contribution >= 0.6 is 0 Å². The molecule has 4 heteroatoms. The van der Waals surface area contributed by atoms with Crippen molar-refractivity contribution in [1.29, 1.82) is 0 Å².